The number of imidazole rings is 1. The number of likely N-dealkylation sites (tertiary alicyclic amines) is 1. The Morgan fingerprint density at radius 1 is 1.14 bits per heavy atom. The zero-order valence-electron chi connectivity index (χ0n) is 20.5. The summed E-state index contributed by atoms with van der Waals surface area (Å²) in [5, 5.41) is 22.6. The Morgan fingerprint density at radius 2 is 1.83 bits per heavy atom. The second-order valence-electron chi connectivity index (χ2n) is 8.70. The molecular formula is C26H29N5O5. The lowest BCUT2D eigenvalue weighted by Crippen LogP contribution is -2.33. The summed E-state index contributed by atoms with van der Waals surface area (Å²) in [5.74, 6) is -1.81. The smallest absolute Gasteiger partial charge is 0.295 e. The first-order valence-electron chi connectivity index (χ1n) is 12.0. The van der Waals surface area contributed by atoms with Gasteiger partial charge in [-0.2, -0.15) is 0 Å². The van der Waals surface area contributed by atoms with Gasteiger partial charge in [-0.25, -0.2) is 4.98 Å². The number of carbonyl (C=O) groups excluding carboxylic acids is 2. The van der Waals surface area contributed by atoms with E-state index in [9.17, 15) is 24.8 Å². The van der Waals surface area contributed by atoms with Crippen LogP contribution in [0.5, 0.6) is 0 Å². The van der Waals surface area contributed by atoms with E-state index in [1.807, 2.05) is 6.07 Å². The highest BCUT2D eigenvalue weighted by atomic mass is 16.6. The average Bonchev–Trinajstić information content (AvgIpc) is 3.34. The van der Waals surface area contributed by atoms with Crippen LogP contribution < -0.4 is 0 Å². The summed E-state index contributed by atoms with van der Waals surface area (Å²) in [7, 11) is 0. The number of non-ortho nitro benzene ring substituents is 1. The van der Waals surface area contributed by atoms with Crippen LogP contribution in [0.1, 0.15) is 43.3 Å². The van der Waals surface area contributed by atoms with Crippen molar-refractivity contribution in [1.29, 1.82) is 0 Å². The normalized spacial score (nSPS) is 17.4. The molecule has 1 N–H and O–H groups in total. The topological polar surface area (TPSA) is 121 Å². The molecular weight excluding hydrogens is 462 g/mol. The van der Waals surface area contributed by atoms with Crippen molar-refractivity contribution in [1.82, 2.24) is 19.2 Å². The fraction of sp³-hybridized carbons (Fsp3) is 0.346. The van der Waals surface area contributed by atoms with Gasteiger partial charge in [-0.3, -0.25) is 24.1 Å². The van der Waals surface area contributed by atoms with Crippen molar-refractivity contribution >= 4 is 28.8 Å². The van der Waals surface area contributed by atoms with E-state index in [-0.39, 0.29) is 17.0 Å². The van der Waals surface area contributed by atoms with E-state index < -0.39 is 22.7 Å². The lowest BCUT2D eigenvalue weighted by Gasteiger charge is -2.26. The van der Waals surface area contributed by atoms with E-state index in [1.165, 1.54) is 29.2 Å². The lowest BCUT2D eigenvalue weighted by molar-refractivity contribution is -0.384. The van der Waals surface area contributed by atoms with Crippen LogP contribution in [0.4, 0.5) is 5.69 Å². The Hall–Kier alpha value is -4.05. The zero-order chi connectivity index (χ0) is 26.0. The summed E-state index contributed by atoms with van der Waals surface area (Å²) in [6.07, 6.45) is 2.36. The number of aliphatic hydroxyl groups is 1. The van der Waals surface area contributed by atoms with Crippen molar-refractivity contribution in [3.05, 3.63) is 81.3 Å². The number of fused-ring (bicyclic) bond motifs is 1. The molecule has 0 saturated carbocycles. The summed E-state index contributed by atoms with van der Waals surface area (Å²) in [4.78, 5) is 45.3. The molecule has 1 aliphatic heterocycles. The van der Waals surface area contributed by atoms with Gasteiger partial charge in [0.1, 0.15) is 11.3 Å². The number of amides is 1. The quantitative estimate of drug-likeness (QED) is 0.159. The maximum absolute atomic E-state index is 13.3. The molecule has 1 fully saturated rings. The van der Waals surface area contributed by atoms with Gasteiger partial charge in [-0.15, -0.1) is 0 Å². The second-order valence-corrected chi connectivity index (χ2v) is 8.70. The van der Waals surface area contributed by atoms with Gasteiger partial charge in [0.05, 0.1) is 22.2 Å². The Kier molecular flexibility index (Phi) is 7.16. The molecule has 1 aromatic carbocycles. The summed E-state index contributed by atoms with van der Waals surface area (Å²) in [6, 6.07) is 10.2. The number of ketones is 1. The van der Waals surface area contributed by atoms with Gasteiger partial charge in [-0.05, 0) is 62.8 Å². The minimum Gasteiger partial charge on any atom is -0.505 e. The number of nitrogens with zero attached hydrogens (tertiary/aromatic N) is 5. The van der Waals surface area contributed by atoms with Crippen molar-refractivity contribution in [3.63, 3.8) is 0 Å². The van der Waals surface area contributed by atoms with Crippen molar-refractivity contribution in [2.24, 2.45) is 0 Å². The average molecular weight is 492 g/mol. The number of rotatable bonds is 9. The van der Waals surface area contributed by atoms with Gasteiger partial charge < -0.3 is 14.9 Å². The molecule has 1 aliphatic rings. The van der Waals surface area contributed by atoms with Crippen LogP contribution in [0.3, 0.4) is 0 Å². The second kappa shape index (κ2) is 10.3. The minimum absolute atomic E-state index is 0.0505. The van der Waals surface area contributed by atoms with Gasteiger partial charge in [0.2, 0.25) is 0 Å². The fourth-order valence-corrected chi connectivity index (χ4v) is 4.77. The number of hydrogen-bond acceptors (Lipinski definition) is 7. The van der Waals surface area contributed by atoms with Gasteiger partial charge in [0.25, 0.3) is 17.4 Å². The van der Waals surface area contributed by atoms with E-state index >= 15 is 0 Å². The number of pyridine rings is 1. The number of Topliss-reactive ketones (excluding diaryl/α,β-unsaturated/α-hetero) is 1. The van der Waals surface area contributed by atoms with Crippen LogP contribution in [0.2, 0.25) is 0 Å². The van der Waals surface area contributed by atoms with Crippen molar-refractivity contribution in [2.45, 2.75) is 33.2 Å². The third-order valence-electron chi connectivity index (χ3n) is 6.66. The third kappa shape index (κ3) is 4.47. The summed E-state index contributed by atoms with van der Waals surface area (Å²) in [6.45, 7) is 8.63. The van der Waals surface area contributed by atoms with Gasteiger partial charge in [0, 0.05) is 24.9 Å². The Labute approximate surface area is 208 Å². The number of carbonyl (C=O) groups is 2. The van der Waals surface area contributed by atoms with Gasteiger partial charge in [0.15, 0.2) is 5.76 Å². The molecule has 0 radical (unpaired) electrons. The Balaban J connectivity index is 1.82. The maximum Gasteiger partial charge on any atom is 0.295 e. The molecule has 0 aliphatic carbocycles. The molecule has 3 aromatic rings. The van der Waals surface area contributed by atoms with Crippen LogP contribution in [0, 0.1) is 17.0 Å². The van der Waals surface area contributed by atoms with E-state index in [1.54, 1.807) is 29.7 Å². The molecule has 1 atom stereocenters. The van der Waals surface area contributed by atoms with Crippen LogP contribution in [0.15, 0.2) is 54.2 Å². The minimum atomic E-state index is -0.879. The number of nitro groups is 1. The first-order valence-corrected chi connectivity index (χ1v) is 12.0. The number of aryl methyl sites for hydroxylation is 1. The molecule has 4 rings (SSSR count). The first kappa shape index (κ1) is 25.1. The third-order valence-corrected chi connectivity index (χ3v) is 6.66. The van der Waals surface area contributed by atoms with Crippen LogP contribution >= 0.6 is 0 Å². The highest BCUT2D eigenvalue weighted by Gasteiger charge is 2.46. The van der Waals surface area contributed by atoms with Crippen molar-refractivity contribution in [3.8, 4) is 0 Å². The Morgan fingerprint density at radius 3 is 2.47 bits per heavy atom. The van der Waals surface area contributed by atoms with Gasteiger partial charge >= 0.3 is 0 Å². The molecule has 10 heteroatoms. The predicted molar refractivity (Wildman–Crippen MR) is 134 cm³/mol. The van der Waals surface area contributed by atoms with Crippen LogP contribution in [-0.2, 0) is 9.59 Å². The molecule has 36 heavy (non-hydrogen) atoms. The Bertz CT molecular complexity index is 1340. The molecule has 0 spiro atoms. The molecule has 2 aromatic heterocycles. The molecule has 0 bridgehead atoms. The maximum atomic E-state index is 13.3. The van der Waals surface area contributed by atoms with Crippen LogP contribution in [-0.4, -0.2) is 67.1 Å². The summed E-state index contributed by atoms with van der Waals surface area (Å²) < 4.78 is 1.67. The summed E-state index contributed by atoms with van der Waals surface area (Å²) >= 11 is 0. The molecule has 1 amide bonds. The zero-order valence-corrected chi connectivity index (χ0v) is 20.5. The molecule has 188 valence electrons. The van der Waals surface area contributed by atoms with E-state index in [2.05, 4.69) is 23.7 Å². The van der Waals surface area contributed by atoms with Crippen molar-refractivity contribution < 1.29 is 19.6 Å². The highest BCUT2D eigenvalue weighted by Crippen LogP contribution is 2.40. The number of nitro benzene ring substituents is 1. The van der Waals surface area contributed by atoms with Crippen LogP contribution in [0.25, 0.3) is 11.4 Å². The molecule has 1 saturated heterocycles. The standard InChI is InChI=1S/C26H29N5O5/c1-4-28(5-2)14-8-16-30-23(18-10-12-19(13-11-18)31(35)36)21(25(33)26(30)34)24(32)22-17(3)27-20-9-6-7-15-29(20)22/h6-7,9-13,15,23,32H,4-5,8,14,16H2,1-3H3/t23-/m0/s1. The number of benzene rings is 1. The lowest BCUT2D eigenvalue weighted by atomic mass is 9.96. The van der Waals surface area contributed by atoms with E-state index in [0.717, 1.165) is 19.6 Å². The number of hydrogen-bond donors (Lipinski definition) is 1. The van der Waals surface area contributed by atoms with Gasteiger partial charge in [-0.1, -0.05) is 19.9 Å². The molecule has 0 unspecified atom stereocenters. The SMILES string of the molecule is CCN(CC)CCCN1C(=O)C(=O)C(=C(O)c2c(C)nc3ccccn23)[C@@H]1c1ccc([N+](=O)[O-])cc1. The number of aromatic nitrogens is 2. The summed E-state index contributed by atoms with van der Waals surface area (Å²) in [5.41, 5.74) is 1.79. The predicted octanol–water partition coefficient (Wildman–Crippen LogP) is 3.70. The van der Waals surface area contributed by atoms with E-state index in [0.29, 0.717) is 35.6 Å². The first-order chi connectivity index (χ1) is 17.3. The monoisotopic (exact) mass is 491 g/mol. The molecule has 10 nitrogen and oxygen atoms in total. The molecule has 3 heterocycles. The van der Waals surface area contributed by atoms with Crippen molar-refractivity contribution in [2.75, 3.05) is 26.2 Å². The highest BCUT2D eigenvalue weighted by molar-refractivity contribution is 6.46. The number of aliphatic hydroxyl groups excluding tert-OH is 1. The largest absolute Gasteiger partial charge is 0.505 e. The van der Waals surface area contributed by atoms with E-state index in [4.69, 9.17) is 0 Å². The fourth-order valence-electron chi connectivity index (χ4n) is 4.77.